The molecule has 0 fully saturated rings. The predicted molar refractivity (Wildman–Crippen MR) is 251 cm³/mol. The molecule has 282 valence electrons. The van der Waals surface area contributed by atoms with Crippen LogP contribution in [0.1, 0.15) is 5.56 Å². The minimum atomic E-state index is 0.0899. The van der Waals surface area contributed by atoms with E-state index >= 15 is 0 Å². The largest absolute Gasteiger partial charge is 0.317 e. The zero-order valence-electron chi connectivity index (χ0n) is 32.7. The van der Waals surface area contributed by atoms with Gasteiger partial charge in [0.05, 0.1) is 23.1 Å². The lowest BCUT2D eigenvalue weighted by molar-refractivity contribution is 0.739. The van der Waals surface area contributed by atoms with E-state index in [1.165, 1.54) is 54.6 Å². The van der Waals surface area contributed by atoms with Crippen LogP contribution in [-0.4, -0.2) is 27.5 Å². The molecule has 60 heavy (non-hydrogen) atoms. The maximum atomic E-state index is 5.25. The molecular formula is C56H38N4. The van der Waals surface area contributed by atoms with E-state index in [0.717, 1.165) is 45.2 Å². The van der Waals surface area contributed by atoms with Gasteiger partial charge in [0, 0.05) is 22.5 Å². The molecule has 0 saturated carbocycles. The quantitative estimate of drug-likeness (QED) is 0.158. The van der Waals surface area contributed by atoms with Crippen molar-refractivity contribution in [1.82, 2.24) is 9.55 Å². The van der Waals surface area contributed by atoms with Gasteiger partial charge in [-0.2, -0.15) is 0 Å². The molecule has 4 nitrogen and oxygen atoms in total. The molecule has 12 rings (SSSR count). The van der Waals surface area contributed by atoms with Gasteiger partial charge in [-0.1, -0.05) is 170 Å². The van der Waals surface area contributed by atoms with Gasteiger partial charge < -0.3 is 4.90 Å². The van der Waals surface area contributed by atoms with Crippen LogP contribution in [0, 0.1) is 0 Å². The molecule has 1 aromatic heterocycles. The highest BCUT2D eigenvalue weighted by atomic mass is 15.3. The molecule has 0 saturated heterocycles. The lowest BCUT2D eigenvalue weighted by Gasteiger charge is -2.29. The van der Waals surface area contributed by atoms with Gasteiger partial charge in [-0.05, 0) is 103 Å². The molecule has 1 aliphatic heterocycles. The van der Waals surface area contributed by atoms with Gasteiger partial charge in [0.1, 0.15) is 11.7 Å². The lowest BCUT2D eigenvalue weighted by atomic mass is 9.87. The average Bonchev–Trinajstić information content (AvgIpc) is 3.91. The smallest absolute Gasteiger partial charge is 0.145 e. The summed E-state index contributed by atoms with van der Waals surface area (Å²) in [5, 5.41) is 7.48. The molecule has 0 N–H and O–H groups in total. The monoisotopic (exact) mass is 766 g/mol. The van der Waals surface area contributed by atoms with Crippen molar-refractivity contribution in [2.24, 2.45) is 4.99 Å². The molecule has 4 heteroatoms. The lowest BCUT2D eigenvalue weighted by Crippen LogP contribution is -2.39. The molecule has 2 heterocycles. The Hall–Kier alpha value is -7.82. The second kappa shape index (κ2) is 13.9. The number of amidine groups is 1. The Kier molecular flexibility index (Phi) is 7.95. The van der Waals surface area contributed by atoms with Gasteiger partial charge in [0.25, 0.3) is 0 Å². The normalized spacial score (nSPS) is 15.9. The van der Waals surface area contributed by atoms with E-state index in [1.807, 2.05) is 0 Å². The average molecular weight is 767 g/mol. The molecule has 2 atom stereocenters. The van der Waals surface area contributed by atoms with Crippen molar-refractivity contribution < 1.29 is 0 Å². The van der Waals surface area contributed by atoms with E-state index < -0.39 is 0 Å². The summed E-state index contributed by atoms with van der Waals surface area (Å²) in [6, 6.07) is 70.2. The first-order chi connectivity index (χ1) is 29.8. The van der Waals surface area contributed by atoms with Crippen LogP contribution in [0.5, 0.6) is 0 Å². The Labute approximate surface area is 348 Å². The predicted octanol–water partition coefficient (Wildman–Crippen LogP) is 13.6. The number of aromatic nitrogens is 2. The van der Waals surface area contributed by atoms with Crippen LogP contribution in [0.25, 0.3) is 82.7 Å². The maximum Gasteiger partial charge on any atom is 0.145 e. The van der Waals surface area contributed by atoms with Gasteiger partial charge in [0.2, 0.25) is 0 Å². The van der Waals surface area contributed by atoms with E-state index in [9.17, 15) is 0 Å². The van der Waals surface area contributed by atoms with Crippen molar-refractivity contribution in [3.05, 3.63) is 224 Å². The molecule has 0 bridgehead atoms. The Morgan fingerprint density at radius 3 is 1.60 bits per heavy atom. The minimum absolute atomic E-state index is 0.0899. The maximum absolute atomic E-state index is 5.25. The Morgan fingerprint density at radius 2 is 0.950 bits per heavy atom. The number of benzene rings is 9. The molecule has 2 aliphatic rings. The van der Waals surface area contributed by atoms with Crippen molar-refractivity contribution >= 4 is 54.9 Å². The number of fused-ring (bicyclic) bond motifs is 7. The van der Waals surface area contributed by atoms with E-state index in [4.69, 9.17) is 9.98 Å². The first-order valence-electron chi connectivity index (χ1n) is 20.7. The number of anilines is 1. The standard InChI is InChI=1S/C56H38N4/c1-3-15-42(16-4-1)59-52-25-13-11-23-50(52)57-55(59)39-31-27-37(28-32-39)48-35-41-36-49(45-20-8-10-22-47(45)54(41)46-21-9-7-19-44(46)48)38-29-33-40(34-30-38)56-58-51-24-12-14-26-53(51)60(56)43-17-5-2-6-18-43/h1-36,50,52H. The van der Waals surface area contributed by atoms with Crippen LogP contribution in [-0.2, 0) is 0 Å². The van der Waals surface area contributed by atoms with Gasteiger partial charge in [-0.25, -0.2) is 4.98 Å². The minimum Gasteiger partial charge on any atom is -0.317 e. The summed E-state index contributed by atoms with van der Waals surface area (Å²) in [5.74, 6) is 1.93. The van der Waals surface area contributed by atoms with Gasteiger partial charge >= 0.3 is 0 Å². The van der Waals surface area contributed by atoms with Gasteiger partial charge in [-0.15, -0.1) is 0 Å². The van der Waals surface area contributed by atoms with E-state index in [0.29, 0.717) is 0 Å². The van der Waals surface area contributed by atoms with E-state index in [2.05, 4.69) is 228 Å². The summed E-state index contributed by atoms with van der Waals surface area (Å²) in [6.45, 7) is 0. The Balaban J connectivity index is 0.971. The second-order valence-electron chi connectivity index (χ2n) is 15.7. The molecule has 9 aromatic carbocycles. The Bertz CT molecular complexity index is 3360. The van der Waals surface area contributed by atoms with Crippen LogP contribution >= 0.6 is 0 Å². The number of hydrogen-bond acceptors (Lipinski definition) is 3. The van der Waals surface area contributed by atoms with Crippen molar-refractivity contribution in [3.8, 4) is 39.3 Å². The number of nitrogens with zero attached hydrogens (tertiary/aromatic N) is 4. The third-order valence-electron chi connectivity index (χ3n) is 12.3. The highest BCUT2D eigenvalue weighted by Crippen LogP contribution is 2.43. The summed E-state index contributed by atoms with van der Waals surface area (Å²) >= 11 is 0. The molecule has 0 radical (unpaired) electrons. The highest BCUT2D eigenvalue weighted by molar-refractivity contribution is 6.26. The molecule has 2 unspecified atom stereocenters. The molecule has 0 amide bonds. The van der Waals surface area contributed by atoms with Crippen molar-refractivity contribution in [2.75, 3.05) is 4.90 Å². The van der Waals surface area contributed by atoms with E-state index in [1.54, 1.807) is 0 Å². The molecule has 10 aromatic rings. The zero-order chi connectivity index (χ0) is 39.6. The molecule has 0 spiro atoms. The Morgan fingerprint density at radius 1 is 0.433 bits per heavy atom. The van der Waals surface area contributed by atoms with Crippen LogP contribution < -0.4 is 4.90 Å². The first kappa shape index (κ1) is 34.2. The molecular weight excluding hydrogens is 729 g/mol. The highest BCUT2D eigenvalue weighted by Gasteiger charge is 2.35. The third-order valence-corrected chi connectivity index (χ3v) is 12.3. The first-order valence-corrected chi connectivity index (χ1v) is 20.7. The van der Waals surface area contributed by atoms with Crippen LogP contribution in [0.15, 0.2) is 223 Å². The van der Waals surface area contributed by atoms with E-state index in [-0.39, 0.29) is 12.1 Å². The number of para-hydroxylation sites is 4. The number of hydrogen-bond donors (Lipinski definition) is 0. The van der Waals surface area contributed by atoms with Crippen molar-refractivity contribution in [1.29, 1.82) is 0 Å². The number of aliphatic imine (C=N–C) groups is 1. The van der Waals surface area contributed by atoms with Crippen LogP contribution in [0.2, 0.25) is 0 Å². The van der Waals surface area contributed by atoms with Crippen molar-refractivity contribution in [3.63, 3.8) is 0 Å². The summed E-state index contributed by atoms with van der Waals surface area (Å²) in [5.41, 5.74) is 11.3. The SMILES string of the molecule is C1=CC2N=C(c3ccc(-c4cc5cc(-c6ccc(-c7nc8ccccc8n7-c7ccccc7)cc6)c6ccccc6c5c5ccccc45)cc3)N(c3ccccc3)C2C=C1. The topological polar surface area (TPSA) is 33.4 Å². The number of allylic oxidation sites excluding steroid dienone is 2. The summed E-state index contributed by atoms with van der Waals surface area (Å²) in [6.07, 6.45) is 8.72. The van der Waals surface area contributed by atoms with Gasteiger partial charge in [-0.3, -0.25) is 9.56 Å². The van der Waals surface area contributed by atoms with Crippen molar-refractivity contribution in [2.45, 2.75) is 12.1 Å². The number of rotatable bonds is 6. The van der Waals surface area contributed by atoms with Crippen LogP contribution in [0.3, 0.4) is 0 Å². The zero-order valence-corrected chi connectivity index (χ0v) is 32.7. The third kappa shape index (κ3) is 5.53. The summed E-state index contributed by atoms with van der Waals surface area (Å²) in [7, 11) is 0. The summed E-state index contributed by atoms with van der Waals surface area (Å²) < 4.78 is 2.26. The fourth-order valence-electron chi connectivity index (χ4n) is 9.50. The number of imidazole rings is 1. The second-order valence-corrected chi connectivity index (χ2v) is 15.7. The summed E-state index contributed by atoms with van der Waals surface area (Å²) in [4.78, 5) is 12.8. The fraction of sp³-hybridized carbons (Fsp3) is 0.0357. The van der Waals surface area contributed by atoms with Gasteiger partial charge in [0.15, 0.2) is 0 Å². The molecule has 1 aliphatic carbocycles. The fourth-order valence-corrected chi connectivity index (χ4v) is 9.50. The van der Waals surface area contributed by atoms with Crippen LogP contribution in [0.4, 0.5) is 5.69 Å².